The summed E-state index contributed by atoms with van der Waals surface area (Å²) in [6, 6.07) is 3.51. The highest BCUT2D eigenvalue weighted by Crippen LogP contribution is 2.25. The Hall–Kier alpha value is -0.440. The van der Waals surface area contributed by atoms with Crippen molar-refractivity contribution in [3.05, 3.63) is 27.1 Å². The van der Waals surface area contributed by atoms with Crippen molar-refractivity contribution in [2.24, 2.45) is 0 Å². The van der Waals surface area contributed by atoms with E-state index in [0.29, 0.717) is 8.95 Å². The summed E-state index contributed by atoms with van der Waals surface area (Å²) in [5.41, 5.74) is 0. The summed E-state index contributed by atoms with van der Waals surface area (Å²) < 4.78 is 27.2. The zero-order chi connectivity index (χ0) is 13.9. The number of sulfonamides is 1. The fraction of sp³-hybridized carbons (Fsp3) is 0.300. The molecule has 0 fully saturated rings. The number of nitrogens with one attached hydrogen (secondary N) is 1. The predicted octanol–water partition coefficient (Wildman–Crippen LogP) is 2.35. The summed E-state index contributed by atoms with van der Waals surface area (Å²) in [4.78, 5) is 10.8. The van der Waals surface area contributed by atoms with Gasteiger partial charge < -0.3 is 5.11 Å². The topological polar surface area (TPSA) is 83.5 Å². The molecule has 5 nitrogen and oxygen atoms in total. The van der Waals surface area contributed by atoms with Crippen molar-refractivity contribution in [2.75, 3.05) is 0 Å². The Kier molecular flexibility index (Phi) is 5.32. The van der Waals surface area contributed by atoms with E-state index in [9.17, 15) is 13.2 Å². The third-order valence-electron chi connectivity index (χ3n) is 2.19. The first-order valence-corrected chi connectivity index (χ1v) is 8.05. The van der Waals surface area contributed by atoms with Crippen molar-refractivity contribution in [3.8, 4) is 0 Å². The lowest BCUT2D eigenvalue weighted by molar-refractivity contribution is -0.139. The van der Waals surface area contributed by atoms with E-state index in [4.69, 9.17) is 5.11 Å². The minimum atomic E-state index is -3.88. The van der Waals surface area contributed by atoms with Gasteiger partial charge in [0, 0.05) is 8.95 Å². The summed E-state index contributed by atoms with van der Waals surface area (Å²) in [7, 11) is -3.88. The molecule has 1 aromatic carbocycles. The highest BCUT2D eigenvalue weighted by molar-refractivity contribution is 9.11. The van der Waals surface area contributed by atoms with Crippen molar-refractivity contribution < 1.29 is 18.3 Å². The van der Waals surface area contributed by atoms with Crippen LogP contribution in [-0.2, 0) is 14.8 Å². The summed E-state index contributed by atoms with van der Waals surface area (Å²) in [6.07, 6.45) is 0.167. The smallest absolute Gasteiger partial charge is 0.321 e. The third-order valence-corrected chi connectivity index (χ3v) is 5.15. The second-order valence-electron chi connectivity index (χ2n) is 3.50. The average Bonchev–Trinajstić information content (AvgIpc) is 2.28. The van der Waals surface area contributed by atoms with Crippen LogP contribution in [-0.4, -0.2) is 25.5 Å². The van der Waals surface area contributed by atoms with E-state index in [-0.39, 0.29) is 11.3 Å². The highest BCUT2D eigenvalue weighted by atomic mass is 79.9. The Labute approximate surface area is 122 Å². The SMILES string of the molecule is CC[C@@H](NS(=O)(=O)c1cc(Br)ccc1Br)C(=O)O. The van der Waals surface area contributed by atoms with E-state index < -0.39 is 22.0 Å². The average molecular weight is 401 g/mol. The number of carboxylic acid groups (broad SMARTS) is 1. The highest BCUT2D eigenvalue weighted by Gasteiger charge is 2.25. The maximum absolute atomic E-state index is 12.1. The van der Waals surface area contributed by atoms with Crippen LogP contribution in [0.5, 0.6) is 0 Å². The van der Waals surface area contributed by atoms with Crippen LogP contribution in [0.2, 0.25) is 0 Å². The van der Waals surface area contributed by atoms with Crippen LogP contribution in [0.3, 0.4) is 0 Å². The van der Waals surface area contributed by atoms with E-state index in [2.05, 4.69) is 36.6 Å². The first kappa shape index (κ1) is 15.6. The van der Waals surface area contributed by atoms with Gasteiger partial charge in [0.15, 0.2) is 0 Å². The Bertz CT molecular complexity index is 559. The van der Waals surface area contributed by atoms with E-state index in [1.807, 2.05) is 0 Å². The molecule has 1 rings (SSSR count). The predicted molar refractivity (Wildman–Crippen MR) is 73.9 cm³/mol. The van der Waals surface area contributed by atoms with Gasteiger partial charge in [0.05, 0.1) is 4.90 Å². The lowest BCUT2D eigenvalue weighted by Gasteiger charge is -2.13. The van der Waals surface area contributed by atoms with E-state index >= 15 is 0 Å². The molecule has 8 heteroatoms. The number of carboxylic acids is 1. The van der Waals surface area contributed by atoms with E-state index in [1.54, 1.807) is 19.1 Å². The van der Waals surface area contributed by atoms with Crippen LogP contribution in [0.15, 0.2) is 32.0 Å². The molecule has 0 aliphatic carbocycles. The van der Waals surface area contributed by atoms with Crippen LogP contribution in [0.25, 0.3) is 0 Å². The molecule has 0 radical (unpaired) electrons. The van der Waals surface area contributed by atoms with Crippen LogP contribution < -0.4 is 4.72 Å². The molecule has 0 amide bonds. The molecule has 0 aliphatic heterocycles. The molecular weight excluding hydrogens is 390 g/mol. The van der Waals surface area contributed by atoms with Gasteiger partial charge in [-0.3, -0.25) is 4.79 Å². The van der Waals surface area contributed by atoms with Crippen molar-refractivity contribution >= 4 is 47.9 Å². The number of hydrogen-bond acceptors (Lipinski definition) is 3. The molecule has 0 saturated carbocycles. The summed E-state index contributed by atoms with van der Waals surface area (Å²) in [6.45, 7) is 1.59. The molecule has 100 valence electrons. The fourth-order valence-electron chi connectivity index (χ4n) is 1.24. The summed E-state index contributed by atoms with van der Waals surface area (Å²) >= 11 is 6.30. The standard InChI is InChI=1S/C10H11Br2NO4S/c1-2-8(10(14)15)13-18(16,17)9-5-6(11)3-4-7(9)12/h3-5,8,13H,2H2,1H3,(H,14,15)/t8-/m1/s1. The maximum Gasteiger partial charge on any atom is 0.321 e. The first-order valence-electron chi connectivity index (χ1n) is 4.98. The quantitative estimate of drug-likeness (QED) is 0.794. The Morgan fingerprint density at radius 1 is 1.44 bits per heavy atom. The molecule has 1 aromatic rings. The number of halogens is 2. The molecule has 1 atom stereocenters. The molecule has 0 spiro atoms. The van der Waals surface area contributed by atoms with Gasteiger partial charge in [-0.15, -0.1) is 0 Å². The van der Waals surface area contributed by atoms with Crippen molar-refractivity contribution in [1.82, 2.24) is 4.72 Å². The number of hydrogen-bond donors (Lipinski definition) is 2. The summed E-state index contributed by atoms with van der Waals surface area (Å²) in [5.74, 6) is -1.20. The van der Waals surface area contributed by atoms with Gasteiger partial charge in [-0.05, 0) is 40.5 Å². The van der Waals surface area contributed by atoms with Crippen molar-refractivity contribution in [3.63, 3.8) is 0 Å². The second-order valence-corrected chi connectivity index (χ2v) is 6.95. The van der Waals surface area contributed by atoms with E-state index in [0.717, 1.165) is 0 Å². The third kappa shape index (κ3) is 3.78. The van der Waals surface area contributed by atoms with Crippen molar-refractivity contribution in [2.45, 2.75) is 24.3 Å². The summed E-state index contributed by atoms with van der Waals surface area (Å²) in [5, 5.41) is 8.86. The molecule has 0 saturated heterocycles. The number of carbonyl (C=O) groups is 1. The van der Waals surface area contributed by atoms with Crippen molar-refractivity contribution in [1.29, 1.82) is 0 Å². The Balaban J connectivity index is 3.14. The van der Waals surface area contributed by atoms with Gasteiger partial charge in [-0.1, -0.05) is 22.9 Å². The molecule has 0 unspecified atom stereocenters. The normalized spacial score (nSPS) is 13.3. The van der Waals surface area contributed by atoms with Gasteiger partial charge in [-0.2, -0.15) is 4.72 Å². The lowest BCUT2D eigenvalue weighted by atomic mass is 10.2. The van der Waals surface area contributed by atoms with Gasteiger partial charge in [-0.25, -0.2) is 8.42 Å². The van der Waals surface area contributed by atoms with Gasteiger partial charge in [0.1, 0.15) is 6.04 Å². The second kappa shape index (κ2) is 6.14. The fourth-order valence-corrected chi connectivity index (χ4v) is 4.02. The van der Waals surface area contributed by atoms with E-state index in [1.165, 1.54) is 6.07 Å². The molecular formula is C10H11Br2NO4S. The molecule has 0 bridgehead atoms. The molecule has 0 aromatic heterocycles. The van der Waals surface area contributed by atoms with Crippen LogP contribution >= 0.6 is 31.9 Å². The van der Waals surface area contributed by atoms with Crippen LogP contribution in [0, 0.1) is 0 Å². The number of rotatable bonds is 5. The van der Waals surface area contributed by atoms with Crippen LogP contribution in [0.4, 0.5) is 0 Å². The Morgan fingerprint density at radius 3 is 2.56 bits per heavy atom. The minimum Gasteiger partial charge on any atom is -0.480 e. The lowest BCUT2D eigenvalue weighted by Crippen LogP contribution is -2.40. The minimum absolute atomic E-state index is 0.00317. The maximum atomic E-state index is 12.1. The zero-order valence-electron chi connectivity index (χ0n) is 9.35. The number of benzene rings is 1. The molecule has 0 heterocycles. The molecule has 0 aliphatic rings. The molecule has 2 N–H and O–H groups in total. The number of aliphatic carboxylic acids is 1. The Morgan fingerprint density at radius 2 is 2.06 bits per heavy atom. The molecule has 18 heavy (non-hydrogen) atoms. The zero-order valence-corrected chi connectivity index (χ0v) is 13.3. The largest absolute Gasteiger partial charge is 0.480 e. The monoisotopic (exact) mass is 399 g/mol. The van der Waals surface area contributed by atoms with Crippen LogP contribution in [0.1, 0.15) is 13.3 Å². The first-order chi connectivity index (χ1) is 8.27. The van der Waals surface area contributed by atoms with Gasteiger partial charge in [0.25, 0.3) is 0 Å². The van der Waals surface area contributed by atoms with Gasteiger partial charge >= 0.3 is 5.97 Å². The van der Waals surface area contributed by atoms with Gasteiger partial charge in [0.2, 0.25) is 10.0 Å².